The van der Waals surface area contributed by atoms with Gasteiger partial charge in [-0.25, -0.2) is 4.79 Å². The first-order chi connectivity index (χ1) is 8.72. The zero-order chi connectivity index (χ0) is 13.4. The van der Waals surface area contributed by atoms with Crippen LogP contribution in [-0.2, 0) is 4.74 Å². The van der Waals surface area contributed by atoms with Crippen LogP contribution >= 0.6 is 0 Å². The largest absolute Gasteiger partial charge is 0.465 e. The number of nitrogens with zero attached hydrogens (tertiary/aromatic N) is 1. The smallest absolute Gasteiger partial charge is 0.339 e. The Bertz CT molecular complexity index is 532. The van der Waals surface area contributed by atoms with Crippen LogP contribution in [0.3, 0.4) is 0 Å². The maximum Gasteiger partial charge on any atom is 0.339 e. The van der Waals surface area contributed by atoms with E-state index in [2.05, 4.69) is 16.6 Å². The fourth-order valence-electron chi connectivity index (χ4n) is 1.33. The molecule has 0 saturated carbocycles. The number of hydrogen-bond acceptors (Lipinski definition) is 4. The Morgan fingerprint density at radius 2 is 2.28 bits per heavy atom. The van der Waals surface area contributed by atoms with Crippen LogP contribution in [0.2, 0.25) is 0 Å². The number of carbonyl (C=O) groups excluding carboxylic acids is 1. The van der Waals surface area contributed by atoms with E-state index < -0.39 is 5.97 Å². The lowest BCUT2D eigenvalue weighted by atomic mass is 10.0. The fraction of sp³-hybridized carbons (Fsp3) is 0.286. The molecule has 0 spiro atoms. The van der Waals surface area contributed by atoms with Crippen molar-refractivity contribution in [1.82, 2.24) is 0 Å². The minimum atomic E-state index is -0.481. The van der Waals surface area contributed by atoms with E-state index in [9.17, 15) is 4.79 Å². The van der Waals surface area contributed by atoms with Gasteiger partial charge in [-0.1, -0.05) is 11.8 Å². The predicted octanol–water partition coefficient (Wildman–Crippen LogP) is 1.47. The van der Waals surface area contributed by atoms with Gasteiger partial charge in [-0.15, -0.1) is 0 Å². The van der Waals surface area contributed by atoms with Crippen molar-refractivity contribution in [2.45, 2.75) is 12.8 Å². The van der Waals surface area contributed by atoms with Gasteiger partial charge in [0.2, 0.25) is 0 Å². The maximum absolute atomic E-state index is 11.5. The van der Waals surface area contributed by atoms with Gasteiger partial charge in [0, 0.05) is 18.6 Å². The van der Waals surface area contributed by atoms with Crippen molar-refractivity contribution in [3.63, 3.8) is 0 Å². The number of esters is 1. The lowest BCUT2D eigenvalue weighted by Crippen LogP contribution is -2.04. The Morgan fingerprint density at radius 1 is 1.50 bits per heavy atom. The van der Waals surface area contributed by atoms with Gasteiger partial charge in [0.1, 0.15) is 0 Å². The molecule has 1 rings (SSSR count). The highest BCUT2D eigenvalue weighted by Crippen LogP contribution is 2.12. The molecule has 1 aromatic carbocycles. The molecule has 1 N–H and O–H groups in total. The average Bonchev–Trinajstić information content (AvgIpc) is 2.42. The number of unbranched alkanes of at least 4 members (excludes halogenated alkanes) is 1. The third-order valence-electron chi connectivity index (χ3n) is 2.24. The molecule has 0 saturated heterocycles. The highest BCUT2D eigenvalue weighted by atomic mass is 16.5. The van der Waals surface area contributed by atoms with E-state index >= 15 is 0 Å². The number of hydrogen-bond donors (Lipinski definition) is 1. The van der Waals surface area contributed by atoms with E-state index in [-0.39, 0.29) is 6.61 Å². The summed E-state index contributed by atoms with van der Waals surface area (Å²) in [5, 5.41) is 17.5. The maximum atomic E-state index is 11.5. The van der Waals surface area contributed by atoms with Crippen molar-refractivity contribution < 1.29 is 14.6 Å². The molecule has 0 aliphatic carbocycles. The van der Waals surface area contributed by atoms with Crippen molar-refractivity contribution in [1.29, 1.82) is 5.26 Å². The zero-order valence-corrected chi connectivity index (χ0v) is 10.1. The fourth-order valence-corrected chi connectivity index (χ4v) is 1.33. The summed E-state index contributed by atoms with van der Waals surface area (Å²) in [5.41, 5.74) is 1.25. The molecular formula is C14H13NO3. The van der Waals surface area contributed by atoms with Gasteiger partial charge in [-0.2, -0.15) is 5.26 Å². The van der Waals surface area contributed by atoms with Crippen LogP contribution in [0.5, 0.6) is 0 Å². The van der Waals surface area contributed by atoms with Crippen LogP contribution in [0.4, 0.5) is 0 Å². The number of benzene rings is 1. The lowest BCUT2D eigenvalue weighted by Gasteiger charge is -2.02. The zero-order valence-electron chi connectivity index (χ0n) is 10.1. The molecule has 18 heavy (non-hydrogen) atoms. The van der Waals surface area contributed by atoms with Crippen molar-refractivity contribution in [3.05, 3.63) is 34.9 Å². The third-order valence-corrected chi connectivity index (χ3v) is 2.24. The van der Waals surface area contributed by atoms with Gasteiger partial charge in [-0.3, -0.25) is 0 Å². The quantitative estimate of drug-likeness (QED) is 0.496. The van der Waals surface area contributed by atoms with E-state index in [4.69, 9.17) is 10.4 Å². The molecule has 0 amide bonds. The van der Waals surface area contributed by atoms with E-state index in [0.29, 0.717) is 29.5 Å². The summed E-state index contributed by atoms with van der Waals surface area (Å²) in [6.45, 7) is 0.0801. The summed E-state index contributed by atoms with van der Waals surface area (Å²) >= 11 is 0. The van der Waals surface area contributed by atoms with Gasteiger partial charge >= 0.3 is 5.97 Å². The second kappa shape index (κ2) is 7.11. The summed E-state index contributed by atoms with van der Waals surface area (Å²) in [6, 6.07) is 6.62. The SMILES string of the molecule is COC(=O)c1ccc(C#N)cc1C#CCCCO. The molecule has 0 radical (unpaired) electrons. The topological polar surface area (TPSA) is 70.3 Å². The number of ether oxygens (including phenoxy) is 1. The van der Waals surface area contributed by atoms with Crippen LogP contribution in [0.15, 0.2) is 18.2 Å². The molecule has 0 aliphatic rings. The molecule has 4 nitrogen and oxygen atoms in total. The molecule has 0 aromatic heterocycles. The van der Waals surface area contributed by atoms with Gasteiger partial charge in [0.15, 0.2) is 0 Å². The highest BCUT2D eigenvalue weighted by Gasteiger charge is 2.10. The van der Waals surface area contributed by atoms with Crippen molar-refractivity contribution in [2.24, 2.45) is 0 Å². The second-order valence-corrected chi connectivity index (χ2v) is 3.49. The Kier molecular flexibility index (Phi) is 5.44. The number of rotatable bonds is 3. The number of methoxy groups -OCH3 is 1. The van der Waals surface area contributed by atoms with Crippen LogP contribution < -0.4 is 0 Å². The Labute approximate surface area is 106 Å². The number of aliphatic hydroxyl groups is 1. The molecular weight excluding hydrogens is 230 g/mol. The highest BCUT2D eigenvalue weighted by molar-refractivity contribution is 5.92. The third kappa shape index (κ3) is 3.62. The monoisotopic (exact) mass is 243 g/mol. The van der Waals surface area contributed by atoms with Gasteiger partial charge < -0.3 is 9.84 Å². The lowest BCUT2D eigenvalue weighted by molar-refractivity contribution is 0.0600. The summed E-state index contributed by atoms with van der Waals surface area (Å²) in [7, 11) is 1.30. The van der Waals surface area contributed by atoms with Gasteiger partial charge in [0.05, 0.1) is 24.3 Å². The van der Waals surface area contributed by atoms with Crippen molar-refractivity contribution in [3.8, 4) is 17.9 Å². The standard InChI is InChI=1S/C14H13NO3/c1-18-14(17)13-7-6-11(10-15)9-12(13)5-3-2-4-8-16/h6-7,9,16H,2,4,8H2,1H3. The van der Waals surface area contributed by atoms with E-state index in [0.717, 1.165) is 0 Å². The summed E-state index contributed by atoms with van der Waals surface area (Å²) < 4.78 is 4.65. The molecule has 0 aliphatic heterocycles. The Morgan fingerprint density at radius 3 is 2.89 bits per heavy atom. The normalized spacial score (nSPS) is 8.94. The molecule has 0 fully saturated rings. The summed E-state index contributed by atoms with van der Waals surface area (Å²) in [5.74, 6) is 5.19. The van der Waals surface area contributed by atoms with Crippen LogP contribution in [0, 0.1) is 23.2 Å². The molecule has 0 unspecified atom stereocenters. The van der Waals surface area contributed by atoms with E-state index in [1.54, 1.807) is 12.1 Å². The number of nitriles is 1. The molecule has 0 atom stereocenters. The molecule has 4 heteroatoms. The van der Waals surface area contributed by atoms with E-state index in [1.165, 1.54) is 13.2 Å². The molecule has 92 valence electrons. The van der Waals surface area contributed by atoms with Crippen LogP contribution in [-0.4, -0.2) is 24.8 Å². The summed E-state index contributed by atoms with van der Waals surface area (Å²) in [6.07, 6.45) is 1.12. The molecule has 1 aromatic rings. The van der Waals surface area contributed by atoms with Gasteiger partial charge in [0.25, 0.3) is 0 Å². The van der Waals surface area contributed by atoms with Crippen LogP contribution in [0.1, 0.15) is 34.3 Å². The van der Waals surface area contributed by atoms with Crippen molar-refractivity contribution >= 4 is 5.97 Å². The average molecular weight is 243 g/mol. The van der Waals surface area contributed by atoms with Gasteiger partial charge in [-0.05, 0) is 24.6 Å². The minimum absolute atomic E-state index is 0.0801. The first-order valence-corrected chi connectivity index (χ1v) is 5.45. The predicted molar refractivity (Wildman–Crippen MR) is 65.7 cm³/mol. The first-order valence-electron chi connectivity index (χ1n) is 5.45. The second-order valence-electron chi connectivity index (χ2n) is 3.49. The first kappa shape index (κ1) is 13.8. The Hall–Kier alpha value is -2.30. The number of carbonyl (C=O) groups is 1. The summed E-state index contributed by atoms with van der Waals surface area (Å²) in [4.78, 5) is 11.5. The van der Waals surface area contributed by atoms with Crippen molar-refractivity contribution in [2.75, 3.05) is 13.7 Å². The Balaban J connectivity index is 3.07. The molecule has 0 bridgehead atoms. The number of aliphatic hydroxyl groups excluding tert-OH is 1. The molecule has 0 heterocycles. The minimum Gasteiger partial charge on any atom is -0.465 e. The van der Waals surface area contributed by atoms with E-state index in [1.807, 2.05) is 6.07 Å². The van der Waals surface area contributed by atoms with Crippen LogP contribution in [0.25, 0.3) is 0 Å².